The molecule has 2 aromatic rings. The van der Waals surface area contributed by atoms with E-state index in [2.05, 4.69) is 10.3 Å². The van der Waals surface area contributed by atoms with Crippen molar-refractivity contribution in [1.82, 2.24) is 10.3 Å². The summed E-state index contributed by atoms with van der Waals surface area (Å²) in [5, 5.41) is 5.83. The van der Waals surface area contributed by atoms with Crippen molar-refractivity contribution in [2.75, 3.05) is 6.54 Å². The van der Waals surface area contributed by atoms with E-state index in [0.29, 0.717) is 24.1 Å². The lowest BCUT2D eigenvalue weighted by Crippen LogP contribution is -2.30. The second-order valence-electron chi connectivity index (χ2n) is 5.82. The van der Waals surface area contributed by atoms with Crippen LogP contribution in [0.1, 0.15) is 29.8 Å². The standard InChI is InChI=1S/C17H17F3N2OS.ClH/c18-17(19,20)12-5-3-11(4-6-12)14-10-24-16(22-14)8-7-15(23)13-2-1-9-21-13;/h3-6,10,13,21H,1-2,7-9H2;1H/t13-;/m0./s1. The molecule has 1 saturated heterocycles. The molecule has 0 unspecified atom stereocenters. The van der Waals surface area contributed by atoms with Crippen molar-refractivity contribution in [2.45, 2.75) is 37.9 Å². The van der Waals surface area contributed by atoms with Crippen LogP contribution in [0.15, 0.2) is 29.6 Å². The number of rotatable bonds is 5. The molecule has 0 amide bonds. The molecule has 1 fully saturated rings. The third-order valence-corrected chi connectivity index (χ3v) is 5.00. The summed E-state index contributed by atoms with van der Waals surface area (Å²) >= 11 is 1.43. The Kier molecular flexibility index (Phi) is 6.59. The highest BCUT2D eigenvalue weighted by molar-refractivity contribution is 7.09. The summed E-state index contributed by atoms with van der Waals surface area (Å²) in [6, 6.07) is 4.94. The number of halogens is 4. The molecular formula is C17H18ClF3N2OS. The van der Waals surface area contributed by atoms with Gasteiger partial charge in [-0.2, -0.15) is 13.2 Å². The molecule has 25 heavy (non-hydrogen) atoms. The van der Waals surface area contributed by atoms with E-state index in [4.69, 9.17) is 0 Å². The highest BCUT2D eigenvalue weighted by Crippen LogP contribution is 2.31. The average Bonchev–Trinajstić information content (AvgIpc) is 3.23. The van der Waals surface area contributed by atoms with E-state index in [1.54, 1.807) is 0 Å². The monoisotopic (exact) mass is 390 g/mol. The average molecular weight is 391 g/mol. The minimum atomic E-state index is -4.33. The number of nitrogens with zero attached hydrogens (tertiary/aromatic N) is 1. The van der Waals surface area contributed by atoms with Crippen molar-refractivity contribution in [3.05, 3.63) is 40.2 Å². The number of aryl methyl sites for hydroxylation is 1. The van der Waals surface area contributed by atoms with Crippen molar-refractivity contribution in [3.63, 3.8) is 0 Å². The van der Waals surface area contributed by atoms with E-state index < -0.39 is 11.7 Å². The van der Waals surface area contributed by atoms with Gasteiger partial charge in [0.15, 0.2) is 0 Å². The lowest BCUT2D eigenvalue weighted by molar-refractivity contribution is -0.137. The Morgan fingerprint density at radius 3 is 2.60 bits per heavy atom. The molecule has 1 aromatic carbocycles. The highest BCUT2D eigenvalue weighted by Gasteiger charge is 2.30. The van der Waals surface area contributed by atoms with Gasteiger partial charge in [-0.15, -0.1) is 23.7 Å². The predicted octanol–water partition coefficient (Wildman–Crippen LogP) is 4.50. The molecule has 2 heterocycles. The zero-order valence-electron chi connectivity index (χ0n) is 13.3. The van der Waals surface area contributed by atoms with E-state index in [-0.39, 0.29) is 24.2 Å². The molecule has 1 atom stereocenters. The number of hydrogen-bond acceptors (Lipinski definition) is 4. The first-order valence-electron chi connectivity index (χ1n) is 7.81. The second kappa shape index (κ2) is 8.29. The maximum atomic E-state index is 12.6. The molecule has 1 aromatic heterocycles. The van der Waals surface area contributed by atoms with Crippen LogP contribution in [0, 0.1) is 0 Å². The van der Waals surface area contributed by atoms with E-state index >= 15 is 0 Å². The first-order valence-corrected chi connectivity index (χ1v) is 8.69. The van der Waals surface area contributed by atoms with Crippen LogP contribution in [0.3, 0.4) is 0 Å². The number of ketones is 1. The van der Waals surface area contributed by atoms with Gasteiger partial charge in [-0.1, -0.05) is 12.1 Å². The maximum absolute atomic E-state index is 12.6. The Morgan fingerprint density at radius 1 is 1.28 bits per heavy atom. The molecular weight excluding hydrogens is 373 g/mol. The van der Waals surface area contributed by atoms with Crippen LogP contribution in [0.5, 0.6) is 0 Å². The lowest BCUT2D eigenvalue weighted by atomic mass is 10.1. The fourth-order valence-corrected chi connectivity index (χ4v) is 3.56. The van der Waals surface area contributed by atoms with Crippen molar-refractivity contribution in [2.24, 2.45) is 0 Å². The Hall–Kier alpha value is -1.44. The number of benzene rings is 1. The Bertz CT molecular complexity index is 709. The first kappa shape index (κ1) is 19.9. The minimum absolute atomic E-state index is 0. The fraction of sp³-hybridized carbons (Fsp3) is 0.412. The number of Topliss-reactive ketones (excluding diaryl/α,β-unsaturated/α-hetero) is 1. The molecule has 1 aliphatic rings. The van der Waals surface area contributed by atoms with Crippen molar-refractivity contribution in [1.29, 1.82) is 0 Å². The third-order valence-electron chi connectivity index (χ3n) is 4.09. The number of carbonyl (C=O) groups excluding carboxylic acids is 1. The molecule has 0 bridgehead atoms. The number of aromatic nitrogens is 1. The zero-order chi connectivity index (χ0) is 17.2. The Labute approximate surface area is 154 Å². The molecule has 0 radical (unpaired) electrons. The van der Waals surface area contributed by atoms with Gasteiger partial charge in [0, 0.05) is 23.8 Å². The smallest absolute Gasteiger partial charge is 0.307 e. The van der Waals surface area contributed by atoms with Crippen LogP contribution < -0.4 is 5.32 Å². The van der Waals surface area contributed by atoms with Gasteiger partial charge in [-0.25, -0.2) is 4.98 Å². The lowest BCUT2D eigenvalue weighted by Gasteiger charge is -2.07. The van der Waals surface area contributed by atoms with Gasteiger partial charge in [0.1, 0.15) is 5.78 Å². The number of alkyl halides is 3. The Balaban J connectivity index is 0.00000225. The van der Waals surface area contributed by atoms with Gasteiger partial charge >= 0.3 is 6.18 Å². The first-order chi connectivity index (χ1) is 11.4. The summed E-state index contributed by atoms with van der Waals surface area (Å²) in [5.41, 5.74) is 0.626. The minimum Gasteiger partial charge on any atom is -0.307 e. The van der Waals surface area contributed by atoms with Crippen LogP contribution in [-0.4, -0.2) is 23.4 Å². The van der Waals surface area contributed by atoms with Crippen LogP contribution in [-0.2, 0) is 17.4 Å². The summed E-state index contributed by atoms with van der Waals surface area (Å²) in [4.78, 5) is 16.5. The van der Waals surface area contributed by atoms with E-state index in [1.807, 2.05) is 5.38 Å². The third kappa shape index (κ3) is 5.03. The van der Waals surface area contributed by atoms with Gasteiger partial charge in [0.25, 0.3) is 0 Å². The quantitative estimate of drug-likeness (QED) is 0.817. The number of thiazole rings is 1. The van der Waals surface area contributed by atoms with Gasteiger partial charge in [-0.05, 0) is 31.5 Å². The SMILES string of the molecule is Cl.O=C(CCc1nc(-c2ccc(C(F)(F)F)cc2)cs1)[C@@H]1CCCN1. The molecule has 136 valence electrons. The van der Waals surface area contributed by atoms with Gasteiger partial charge in [0.05, 0.1) is 22.3 Å². The van der Waals surface area contributed by atoms with Crippen molar-refractivity contribution in [3.8, 4) is 11.3 Å². The summed E-state index contributed by atoms with van der Waals surface area (Å²) < 4.78 is 37.7. The van der Waals surface area contributed by atoms with Crippen LogP contribution in [0.25, 0.3) is 11.3 Å². The summed E-state index contributed by atoms with van der Waals surface area (Å²) in [6.45, 7) is 0.895. The van der Waals surface area contributed by atoms with Crippen LogP contribution in [0.2, 0.25) is 0 Å². The molecule has 0 spiro atoms. The number of nitrogens with one attached hydrogen (secondary N) is 1. The van der Waals surface area contributed by atoms with Gasteiger partial charge in [-0.3, -0.25) is 4.79 Å². The summed E-state index contributed by atoms with van der Waals surface area (Å²) in [5.74, 6) is 0.207. The fourth-order valence-electron chi connectivity index (χ4n) is 2.75. The van der Waals surface area contributed by atoms with Crippen molar-refractivity contribution >= 4 is 29.5 Å². The maximum Gasteiger partial charge on any atom is 0.416 e. The predicted molar refractivity (Wildman–Crippen MR) is 94.2 cm³/mol. The van der Waals surface area contributed by atoms with E-state index in [9.17, 15) is 18.0 Å². The number of carbonyl (C=O) groups is 1. The van der Waals surface area contributed by atoms with E-state index in [0.717, 1.165) is 36.5 Å². The zero-order valence-corrected chi connectivity index (χ0v) is 14.9. The normalized spacial score (nSPS) is 17.3. The molecule has 3 rings (SSSR count). The molecule has 8 heteroatoms. The second-order valence-corrected chi connectivity index (χ2v) is 6.76. The Morgan fingerprint density at radius 2 is 2.00 bits per heavy atom. The highest BCUT2D eigenvalue weighted by atomic mass is 35.5. The van der Waals surface area contributed by atoms with Crippen LogP contribution in [0.4, 0.5) is 13.2 Å². The molecule has 3 nitrogen and oxygen atoms in total. The topological polar surface area (TPSA) is 42.0 Å². The molecule has 1 N–H and O–H groups in total. The summed E-state index contributed by atoms with van der Waals surface area (Å²) in [7, 11) is 0. The van der Waals surface area contributed by atoms with Crippen molar-refractivity contribution < 1.29 is 18.0 Å². The summed E-state index contributed by atoms with van der Waals surface area (Å²) in [6.07, 6.45) is -1.39. The largest absolute Gasteiger partial charge is 0.416 e. The van der Waals surface area contributed by atoms with Gasteiger partial charge in [0.2, 0.25) is 0 Å². The van der Waals surface area contributed by atoms with E-state index in [1.165, 1.54) is 23.5 Å². The molecule has 0 saturated carbocycles. The molecule has 1 aliphatic heterocycles. The van der Waals surface area contributed by atoms with Gasteiger partial charge < -0.3 is 5.32 Å². The number of hydrogen-bond donors (Lipinski definition) is 1. The molecule has 0 aliphatic carbocycles. The van der Waals surface area contributed by atoms with Crippen LogP contribution >= 0.6 is 23.7 Å².